The SMILES string of the molecule is CN(Cc1nccn1C)c1ccnc2cc(N)ccc12. The minimum Gasteiger partial charge on any atom is -0.399 e. The number of aromatic nitrogens is 3. The topological polar surface area (TPSA) is 60.0 Å². The zero-order valence-corrected chi connectivity index (χ0v) is 11.6. The highest BCUT2D eigenvalue weighted by Crippen LogP contribution is 2.26. The molecule has 0 aliphatic carbocycles. The molecule has 2 heterocycles. The Kier molecular flexibility index (Phi) is 3.02. The Labute approximate surface area is 117 Å². The van der Waals surface area contributed by atoms with Gasteiger partial charge in [-0.3, -0.25) is 4.98 Å². The number of imidazole rings is 1. The molecule has 3 aromatic rings. The van der Waals surface area contributed by atoms with Crippen molar-refractivity contribution < 1.29 is 0 Å². The van der Waals surface area contributed by atoms with Gasteiger partial charge in [-0.15, -0.1) is 0 Å². The van der Waals surface area contributed by atoms with Gasteiger partial charge in [0.2, 0.25) is 0 Å². The Balaban J connectivity index is 1.99. The summed E-state index contributed by atoms with van der Waals surface area (Å²) in [5.41, 5.74) is 8.58. The number of aryl methyl sites for hydroxylation is 1. The highest BCUT2D eigenvalue weighted by Gasteiger charge is 2.09. The van der Waals surface area contributed by atoms with Crippen LogP contribution in [0.25, 0.3) is 10.9 Å². The minimum absolute atomic E-state index is 0.730. The minimum atomic E-state index is 0.730. The highest BCUT2D eigenvalue weighted by molar-refractivity contribution is 5.93. The van der Waals surface area contributed by atoms with E-state index >= 15 is 0 Å². The smallest absolute Gasteiger partial charge is 0.127 e. The molecule has 0 fully saturated rings. The van der Waals surface area contributed by atoms with Crippen LogP contribution < -0.4 is 10.6 Å². The zero-order valence-electron chi connectivity index (χ0n) is 11.6. The molecule has 1 aromatic carbocycles. The molecule has 0 radical (unpaired) electrons. The first kappa shape index (κ1) is 12.5. The van der Waals surface area contributed by atoms with E-state index in [0.717, 1.165) is 34.6 Å². The van der Waals surface area contributed by atoms with Crippen LogP contribution in [0, 0.1) is 0 Å². The summed E-state index contributed by atoms with van der Waals surface area (Å²) in [5, 5.41) is 1.10. The first-order valence-corrected chi connectivity index (χ1v) is 6.47. The second-order valence-corrected chi connectivity index (χ2v) is 4.92. The first-order chi connectivity index (χ1) is 9.65. The van der Waals surface area contributed by atoms with E-state index in [1.807, 2.05) is 54.5 Å². The Hall–Kier alpha value is -2.56. The van der Waals surface area contributed by atoms with Crippen LogP contribution in [0.5, 0.6) is 0 Å². The molecule has 5 heteroatoms. The molecule has 5 nitrogen and oxygen atoms in total. The van der Waals surface area contributed by atoms with Gasteiger partial charge in [-0.25, -0.2) is 4.98 Å². The van der Waals surface area contributed by atoms with Gasteiger partial charge in [0.25, 0.3) is 0 Å². The van der Waals surface area contributed by atoms with Crippen molar-refractivity contribution in [1.82, 2.24) is 14.5 Å². The molecule has 0 saturated heterocycles. The number of fused-ring (bicyclic) bond motifs is 1. The number of anilines is 2. The summed E-state index contributed by atoms with van der Waals surface area (Å²) in [5.74, 6) is 1.02. The molecular formula is C15H17N5. The van der Waals surface area contributed by atoms with Gasteiger partial charge in [0.1, 0.15) is 5.82 Å². The number of rotatable bonds is 3. The van der Waals surface area contributed by atoms with Gasteiger partial charge in [-0.2, -0.15) is 0 Å². The van der Waals surface area contributed by atoms with Gasteiger partial charge < -0.3 is 15.2 Å². The fraction of sp³-hybridized carbons (Fsp3) is 0.200. The number of hydrogen-bond donors (Lipinski definition) is 1. The molecule has 3 rings (SSSR count). The van der Waals surface area contributed by atoms with E-state index in [4.69, 9.17) is 5.73 Å². The van der Waals surface area contributed by atoms with Crippen molar-refractivity contribution >= 4 is 22.3 Å². The lowest BCUT2D eigenvalue weighted by molar-refractivity contribution is 0.763. The van der Waals surface area contributed by atoms with E-state index in [0.29, 0.717) is 0 Å². The molecule has 2 aromatic heterocycles. The summed E-state index contributed by atoms with van der Waals surface area (Å²) in [6.45, 7) is 0.743. The summed E-state index contributed by atoms with van der Waals surface area (Å²) < 4.78 is 2.03. The molecule has 0 aliphatic heterocycles. The third-order valence-electron chi connectivity index (χ3n) is 3.45. The number of nitrogen functional groups attached to an aromatic ring is 1. The molecule has 0 unspecified atom stereocenters. The summed E-state index contributed by atoms with van der Waals surface area (Å²) in [4.78, 5) is 10.9. The summed E-state index contributed by atoms with van der Waals surface area (Å²) in [7, 11) is 4.06. The number of pyridine rings is 1. The normalized spacial score (nSPS) is 10.9. The van der Waals surface area contributed by atoms with Crippen LogP contribution in [0.3, 0.4) is 0 Å². The number of benzene rings is 1. The van der Waals surface area contributed by atoms with Gasteiger partial charge in [0, 0.05) is 49.4 Å². The average Bonchev–Trinajstić information content (AvgIpc) is 2.83. The van der Waals surface area contributed by atoms with E-state index in [1.54, 1.807) is 0 Å². The lowest BCUT2D eigenvalue weighted by Crippen LogP contribution is -2.19. The van der Waals surface area contributed by atoms with Crippen LogP contribution in [-0.2, 0) is 13.6 Å². The zero-order chi connectivity index (χ0) is 14.1. The monoisotopic (exact) mass is 267 g/mol. The Bertz CT molecular complexity index is 747. The molecular weight excluding hydrogens is 250 g/mol. The van der Waals surface area contributed by atoms with Crippen molar-refractivity contribution in [1.29, 1.82) is 0 Å². The van der Waals surface area contributed by atoms with Gasteiger partial charge in [0.05, 0.1) is 12.1 Å². The van der Waals surface area contributed by atoms with Crippen LogP contribution in [-0.4, -0.2) is 21.6 Å². The largest absolute Gasteiger partial charge is 0.399 e. The Morgan fingerprint density at radius 1 is 1.20 bits per heavy atom. The van der Waals surface area contributed by atoms with Crippen LogP contribution in [0.1, 0.15) is 5.82 Å². The fourth-order valence-corrected chi connectivity index (χ4v) is 2.33. The number of hydrogen-bond acceptors (Lipinski definition) is 4. The molecule has 20 heavy (non-hydrogen) atoms. The first-order valence-electron chi connectivity index (χ1n) is 6.47. The van der Waals surface area contributed by atoms with Gasteiger partial charge >= 0.3 is 0 Å². The second kappa shape index (κ2) is 4.85. The quantitative estimate of drug-likeness (QED) is 0.739. The third-order valence-corrected chi connectivity index (χ3v) is 3.45. The lowest BCUT2D eigenvalue weighted by atomic mass is 10.1. The molecule has 0 aliphatic rings. The maximum atomic E-state index is 5.81. The molecule has 0 bridgehead atoms. The fourth-order valence-electron chi connectivity index (χ4n) is 2.33. The van der Waals surface area contributed by atoms with Crippen LogP contribution in [0.15, 0.2) is 42.9 Å². The van der Waals surface area contributed by atoms with Gasteiger partial charge in [-0.05, 0) is 24.3 Å². The summed E-state index contributed by atoms with van der Waals surface area (Å²) >= 11 is 0. The Morgan fingerprint density at radius 2 is 2.05 bits per heavy atom. The van der Waals surface area contributed by atoms with Gasteiger partial charge in [0.15, 0.2) is 0 Å². The van der Waals surface area contributed by atoms with E-state index in [9.17, 15) is 0 Å². The van der Waals surface area contributed by atoms with Crippen molar-refractivity contribution in [2.24, 2.45) is 7.05 Å². The lowest BCUT2D eigenvalue weighted by Gasteiger charge is -2.20. The second-order valence-electron chi connectivity index (χ2n) is 4.92. The molecule has 2 N–H and O–H groups in total. The average molecular weight is 267 g/mol. The third kappa shape index (κ3) is 2.18. The van der Waals surface area contributed by atoms with Crippen LogP contribution in [0.2, 0.25) is 0 Å². The Morgan fingerprint density at radius 3 is 2.80 bits per heavy atom. The summed E-state index contributed by atoms with van der Waals surface area (Å²) in [6, 6.07) is 7.83. The number of nitrogens with zero attached hydrogens (tertiary/aromatic N) is 4. The van der Waals surface area contributed by atoms with Crippen molar-refractivity contribution in [2.45, 2.75) is 6.54 Å². The van der Waals surface area contributed by atoms with Gasteiger partial charge in [-0.1, -0.05) is 0 Å². The van der Waals surface area contributed by atoms with Crippen molar-refractivity contribution in [2.75, 3.05) is 17.7 Å². The van der Waals surface area contributed by atoms with E-state index < -0.39 is 0 Å². The molecule has 0 spiro atoms. The molecule has 0 amide bonds. The standard InChI is InChI=1S/C15H17N5/c1-19-8-7-18-15(19)10-20(2)14-5-6-17-13-9-11(16)3-4-12(13)14/h3-9H,10,16H2,1-2H3. The van der Waals surface area contributed by atoms with E-state index in [2.05, 4.69) is 21.9 Å². The maximum absolute atomic E-state index is 5.81. The van der Waals surface area contributed by atoms with Crippen molar-refractivity contribution in [3.8, 4) is 0 Å². The highest BCUT2D eigenvalue weighted by atomic mass is 15.2. The van der Waals surface area contributed by atoms with Crippen molar-refractivity contribution in [3.05, 3.63) is 48.7 Å². The maximum Gasteiger partial charge on any atom is 0.127 e. The molecule has 0 saturated carbocycles. The van der Waals surface area contributed by atoms with E-state index in [-0.39, 0.29) is 0 Å². The molecule has 0 atom stereocenters. The van der Waals surface area contributed by atoms with Crippen molar-refractivity contribution in [3.63, 3.8) is 0 Å². The summed E-state index contributed by atoms with van der Waals surface area (Å²) in [6.07, 6.45) is 5.58. The predicted octanol–water partition coefficient (Wildman–Crippen LogP) is 2.19. The number of nitrogens with two attached hydrogens (primary N) is 1. The molecule has 102 valence electrons. The van der Waals surface area contributed by atoms with Crippen LogP contribution in [0.4, 0.5) is 11.4 Å². The van der Waals surface area contributed by atoms with Crippen LogP contribution >= 0.6 is 0 Å². The van der Waals surface area contributed by atoms with E-state index in [1.165, 1.54) is 0 Å². The predicted molar refractivity (Wildman–Crippen MR) is 81.5 cm³/mol.